The Balaban J connectivity index is 1.60. The average Bonchev–Trinajstić information content (AvgIpc) is 3.03. The molecule has 2 aromatic rings. The second-order valence-electron chi connectivity index (χ2n) is 5.89. The lowest BCUT2D eigenvalue weighted by molar-refractivity contribution is 0.166. The molecule has 20 heavy (non-hydrogen) atoms. The molecule has 0 amide bonds. The van der Waals surface area contributed by atoms with Crippen LogP contribution in [0, 0.1) is 0 Å². The standard InChI is InChI=1S/C18H19NO/c20-18-11-17(14-7-3-4-8-15(14)18)19-16-10-9-12-5-1-2-6-13(12)16/h1-8,16-20H,9-11H2. The van der Waals surface area contributed by atoms with Crippen LogP contribution >= 0.6 is 0 Å². The van der Waals surface area contributed by atoms with Crippen LogP contribution in [-0.4, -0.2) is 5.11 Å². The third-order valence-corrected chi connectivity index (χ3v) is 4.72. The first-order valence-electron chi connectivity index (χ1n) is 7.43. The third-order valence-electron chi connectivity index (χ3n) is 4.72. The van der Waals surface area contributed by atoms with E-state index >= 15 is 0 Å². The minimum Gasteiger partial charge on any atom is -0.388 e. The first-order valence-corrected chi connectivity index (χ1v) is 7.43. The van der Waals surface area contributed by atoms with Crippen LogP contribution in [0.5, 0.6) is 0 Å². The highest BCUT2D eigenvalue weighted by Crippen LogP contribution is 2.41. The van der Waals surface area contributed by atoms with Gasteiger partial charge >= 0.3 is 0 Å². The van der Waals surface area contributed by atoms with Crippen LogP contribution in [0.1, 0.15) is 53.3 Å². The fraction of sp³-hybridized carbons (Fsp3) is 0.333. The van der Waals surface area contributed by atoms with Crippen molar-refractivity contribution in [3.63, 3.8) is 0 Å². The zero-order chi connectivity index (χ0) is 13.5. The van der Waals surface area contributed by atoms with Gasteiger partial charge in [-0.3, -0.25) is 0 Å². The summed E-state index contributed by atoms with van der Waals surface area (Å²) in [6.45, 7) is 0. The largest absolute Gasteiger partial charge is 0.388 e. The molecule has 0 radical (unpaired) electrons. The van der Waals surface area contributed by atoms with Crippen LogP contribution in [0.2, 0.25) is 0 Å². The van der Waals surface area contributed by atoms with Gasteiger partial charge in [-0.15, -0.1) is 0 Å². The van der Waals surface area contributed by atoms with Crippen molar-refractivity contribution < 1.29 is 5.11 Å². The van der Waals surface area contributed by atoms with Crippen LogP contribution in [-0.2, 0) is 6.42 Å². The van der Waals surface area contributed by atoms with Gasteiger partial charge in [0.15, 0.2) is 0 Å². The Morgan fingerprint density at radius 3 is 2.40 bits per heavy atom. The number of aryl methyl sites for hydroxylation is 1. The number of rotatable bonds is 2. The van der Waals surface area contributed by atoms with Crippen LogP contribution in [0.25, 0.3) is 0 Å². The lowest BCUT2D eigenvalue weighted by atomic mass is 10.0. The number of aliphatic hydroxyl groups excluding tert-OH is 1. The smallest absolute Gasteiger partial charge is 0.0811 e. The van der Waals surface area contributed by atoms with Gasteiger partial charge in [0.25, 0.3) is 0 Å². The van der Waals surface area contributed by atoms with Gasteiger partial charge in [-0.05, 0) is 41.5 Å². The Kier molecular flexibility index (Phi) is 2.86. The molecule has 0 aliphatic heterocycles. The number of nitrogens with one attached hydrogen (secondary N) is 1. The first-order chi connectivity index (χ1) is 9.83. The van der Waals surface area contributed by atoms with E-state index in [1.54, 1.807) is 0 Å². The normalized spacial score (nSPS) is 27.4. The van der Waals surface area contributed by atoms with Crippen molar-refractivity contribution in [1.82, 2.24) is 5.32 Å². The van der Waals surface area contributed by atoms with Gasteiger partial charge < -0.3 is 10.4 Å². The van der Waals surface area contributed by atoms with Crippen molar-refractivity contribution in [1.29, 1.82) is 0 Å². The summed E-state index contributed by atoms with van der Waals surface area (Å²) in [6.07, 6.45) is 2.79. The molecular formula is C18H19NO. The van der Waals surface area contributed by atoms with E-state index in [0.29, 0.717) is 6.04 Å². The molecule has 2 heteroatoms. The summed E-state index contributed by atoms with van der Waals surface area (Å²) in [4.78, 5) is 0. The van der Waals surface area contributed by atoms with Crippen molar-refractivity contribution >= 4 is 0 Å². The van der Waals surface area contributed by atoms with E-state index in [0.717, 1.165) is 24.8 Å². The van der Waals surface area contributed by atoms with Gasteiger partial charge in [-0.25, -0.2) is 0 Å². The average molecular weight is 265 g/mol. The molecule has 4 rings (SSSR count). The van der Waals surface area contributed by atoms with Crippen molar-refractivity contribution in [2.24, 2.45) is 0 Å². The molecule has 102 valence electrons. The molecule has 2 nitrogen and oxygen atoms in total. The molecule has 0 saturated carbocycles. The molecule has 0 fully saturated rings. The summed E-state index contributed by atoms with van der Waals surface area (Å²) < 4.78 is 0. The fourth-order valence-corrected chi connectivity index (χ4v) is 3.74. The minimum absolute atomic E-state index is 0.275. The van der Waals surface area contributed by atoms with Gasteiger partial charge in [-0.1, -0.05) is 48.5 Å². The van der Waals surface area contributed by atoms with Gasteiger partial charge in [0.1, 0.15) is 0 Å². The maximum Gasteiger partial charge on any atom is 0.0811 e. The molecule has 0 saturated heterocycles. The lowest BCUT2D eigenvalue weighted by Gasteiger charge is -2.20. The van der Waals surface area contributed by atoms with E-state index < -0.39 is 0 Å². The topological polar surface area (TPSA) is 32.3 Å². The van der Waals surface area contributed by atoms with E-state index in [-0.39, 0.29) is 12.1 Å². The molecule has 2 aliphatic rings. The zero-order valence-corrected chi connectivity index (χ0v) is 11.4. The van der Waals surface area contributed by atoms with Gasteiger partial charge in [0, 0.05) is 12.1 Å². The molecule has 0 spiro atoms. The molecule has 0 bridgehead atoms. The summed E-state index contributed by atoms with van der Waals surface area (Å²) in [5, 5.41) is 13.9. The monoisotopic (exact) mass is 265 g/mol. The van der Waals surface area contributed by atoms with Crippen molar-refractivity contribution in [3.05, 3.63) is 70.8 Å². The highest BCUT2D eigenvalue weighted by Gasteiger charge is 2.32. The molecule has 3 atom stereocenters. The summed E-state index contributed by atoms with van der Waals surface area (Å²) in [5.74, 6) is 0. The second-order valence-corrected chi connectivity index (χ2v) is 5.89. The Morgan fingerprint density at radius 2 is 1.55 bits per heavy atom. The Labute approximate surface area is 119 Å². The summed E-state index contributed by atoms with van der Waals surface area (Å²) in [6, 6.07) is 17.7. The number of aliphatic hydroxyl groups is 1. The Hall–Kier alpha value is -1.64. The number of hydrogen-bond acceptors (Lipinski definition) is 2. The van der Waals surface area contributed by atoms with Crippen LogP contribution < -0.4 is 5.32 Å². The molecule has 0 aromatic heterocycles. The molecule has 2 N–H and O–H groups in total. The van der Waals surface area contributed by atoms with E-state index in [4.69, 9.17) is 0 Å². The Bertz CT molecular complexity index is 637. The third kappa shape index (κ3) is 1.88. The number of benzene rings is 2. The highest BCUT2D eigenvalue weighted by atomic mass is 16.3. The zero-order valence-electron chi connectivity index (χ0n) is 11.4. The van der Waals surface area contributed by atoms with E-state index in [1.165, 1.54) is 16.7 Å². The number of hydrogen-bond donors (Lipinski definition) is 2. The van der Waals surface area contributed by atoms with Crippen molar-refractivity contribution in [2.45, 2.75) is 37.5 Å². The van der Waals surface area contributed by atoms with Crippen LogP contribution in [0.4, 0.5) is 0 Å². The molecular weight excluding hydrogens is 246 g/mol. The van der Waals surface area contributed by atoms with E-state index in [9.17, 15) is 5.11 Å². The first kappa shape index (κ1) is 12.1. The SMILES string of the molecule is OC1CC(NC2CCc3ccccc32)c2ccccc21. The predicted octanol–water partition coefficient (Wildman–Crippen LogP) is 3.44. The molecule has 2 aliphatic carbocycles. The Morgan fingerprint density at radius 1 is 0.850 bits per heavy atom. The van der Waals surface area contributed by atoms with Crippen molar-refractivity contribution in [3.8, 4) is 0 Å². The second kappa shape index (κ2) is 4.72. The van der Waals surface area contributed by atoms with Crippen LogP contribution in [0.3, 0.4) is 0 Å². The summed E-state index contributed by atoms with van der Waals surface area (Å²) in [7, 11) is 0. The number of fused-ring (bicyclic) bond motifs is 2. The van der Waals surface area contributed by atoms with Gasteiger partial charge in [0.05, 0.1) is 6.10 Å². The lowest BCUT2D eigenvalue weighted by Crippen LogP contribution is -2.23. The van der Waals surface area contributed by atoms with Crippen molar-refractivity contribution in [2.75, 3.05) is 0 Å². The fourth-order valence-electron chi connectivity index (χ4n) is 3.74. The van der Waals surface area contributed by atoms with Gasteiger partial charge in [-0.2, -0.15) is 0 Å². The molecule has 0 heterocycles. The van der Waals surface area contributed by atoms with Gasteiger partial charge in [0.2, 0.25) is 0 Å². The quantitative estimate of drug-likeness (QED) is 0.871. The summed E-state index contributed by atoms with van der Waals surface area (Å²) in [5.41, 5.74) is 5.27. The van der Waals surface area contributed by atoms with Crippen LogP contribution in [0.15, 0.2) is 48.5 Å². The maximum atomic E-state index is 10.2. The predicted molar refractivity (Wildman–Crippen MR) is 79.4 cm³/mol. The summed E-state index contributed by atoms with van der Waals surface area (Å²) >= 11 is 0. The highest BCUT2D eigenvalue weighted by molar-refractivity contribution is 5.38. The van der Waals surface area contributed by atoms with E-state index in [2.05, 4.69) is 41.7 Å². The molecule has 3 unspecified atom stereocenters. The maximum absolute atomic E-state index is 10.2. The van der Waals surface area contributed by atoms with E-state index in [1.807, 2.05) is 12.1 Å². The molecule has 2 aromatic carbocycles. The minimum atomic E-state index is -0.319.